The van der Waals surface area contributed by atoms with E-state index in [9.17, 15) is 0 Å². The van der Waals surface area contributed by atoms with Crippen molar-refractivity contribution in [3.8, 4) is 5.75 Å². The quantitative estimate of drug-likeness (QED) is 0.610. The number of unbranched alkanes of at least 4 members (excludes halogenated alkanes) is 4. The first-order valence-corrected chi connectivity index (χ1v) is 7.84. The molecule has 108 valence electrons. The molecule has 19 heavy (non-hydrogen) atoms. The zero-order valence-corrected chi connectivity index (χ0v) is 12.7. The van der Waals surface area contributed by atoms with Crippen molar-refractivity contribution in [2.24, 2.45) is 0 Å². The first kappa shape index (κ1) is 16.0. The summed E-state index contributed by atoms with van der Waals surface area (Å²) in [6.45, 7) is 7.79. The van der Waals surface area contributed by atoms with Gasteiger partial charge in [-0.15, -0.1) is 0 Å². The Kier molecular flexibility index (Phi) is 9.17. The van der Waals surface area contributed by atoms with Gasteiger partial charge in [0.1, 0.15) is 5.75 Å². The van der Waals surface area contributed by atoms with Gasteiger partial charge in [-0.3, -0.25) is 0 Å². The highest BCUT2D eigenvalue weighted by molar-refractivity contribution is 5.26. The minimum Gasteiger partial charge on any atom is -0.494 e. The molecular weight excluding hydrogens is 234 g/mol. The van der Waals surface area contributed by atoms with Crippen molar-refractivity contribution in [3.63, 3.8) is 0 Å². The fraction of sp³-hybridized carbons (Fsp3) is 0.647. The summed E-state index contributed by atoms with van der Waals surface area (Å²) >= 11 is 0. The van der Waals surface area contributed by atoms with Gasteiger partial charge < -0.3 is 10.1 Å². The van der Waals surface area contributed by atoms with Crippen molar-refractivity contribution < 1.29 is 10.1 Å². The Morgan fingerprint density at radius 1 is 0.895 bits per heavy atom. The second kappa shape index (κ2) is 10.9. The summed E-state index contributed by atoms with van der Waals surface area (Å²) in [7, 11) is 0. The normalized spacial score (nSPS) is 10.6. The van der Waals surface area contributed by atoms with Gasteiger partial charge in [0.05, 0.1) is 19.7 Å². The Balaban J connectivity index is 1.87. The number of hydrogen-bond acceptors (Lipinski definition) is 1. The Labute approximate surface area is 118 Å². The summed E-state index contributed by atoms with van der Waals surface area (Å²) in [5.41, 5.74) is 1.28. The van der Waals surface area contributed by atoms with Crippen LogP contribution in [0.1, 0.15) is 51.0 Å². The van der Waals surface area contributed by atoms with Crippen LogP contribution in [0.3, 0.4) is 0 Å². The molecule has 0 aliphatic rings. The molecule has 0 aliphatic carbocycles. The molecule has 0 amide bonds. The van der Waals surface area contributed by atoms with E-state index < -0.39 is 0 Å². The van der Waals surface area contributed by atoms with Crippen LogP contribution in [0.15, 0.2) is 24.3 Å². The first-order chi connectivity index (χ1) is 9.33. The molecule has 1 aromatic rings. The fourth-order valence-electron chi connectivity index (χ4n) is 2.06. The van der Waals surface area contributed by atoms with Crippen molar-refractivity contribution in [1.29, 1.82) is 0 Å². The summed E-state index contributed by atoms with van der Waals surface area (Å²) < 4.78 is 5.71. The lowest BCUT2D eigenvalue weighted by atomic mass is 10.2. The van der Waals surface area contributed by atoms with Gasteiger partial charge in [-0.25, -0.2) is 0 Å². The van der Waals surface area contributed by atoms with Gasteiger partial charge >= 0.3 is 0 Å². The smallest absolute Gasteiger partial charge is 0.119 e. The second-order valence-corrected chi connectivity index (χ2v) is 5.30. The average molecular weight is 264 g/mol. The zero-order chi connectivity index (χ0) is 13.8. The molecule has 0 spiro atoms. The molecule has 2 N–H and O–H groups in total. The van der Waals surface area contributed by atoms with Crippen LogP contribution >= 0.6 is 0 Å². The number of rotatable bonds is 11. The number of quaternary nitrogens is 1. The highest BCUT2D eigenvalue weighted by Gasteiger charge is 1.95. The molecule has 0 bridgehead atoms. The maximum absolute atomic E-state index is 5.71. The maximum atomic E-state index is 5.71. The maximum Gasteiger partial charge on any atom is 0.119 e. The molecule has 0 atom stereocenters. The van der Waals surface area contributed by atoms with Gasteiger partial charge in [0, 0.05) is 0 Å². The van der Waals surface area contributed by atoms with Crippen LogP contribution in [0.2, 0.25) is 0 Å². The monoisotopic (exact) mass is 264 g/mol. The van der Waals surface area contributed by atoms with Gasteiger partial charge in [-0.05, 0) is 51.2 Å². The van der Waals surface area contributed by atoms with E-state index in [0.717, 1.165) is 12.4 Å². The third-order valence-electron chi connectivity index (χ3n) is 3.35. The molecule has 0 radical (unpaired) electrons. The second-order valence-electron chi connectivity index (χ2n) is 5.30. The van der Waals surface area contributed by atoms with Crippen molar-refractivity contribution in [1.82, 2.24) is 0 Å². The van der Waals surface area contributed by atoms with E-state index in [0.29, 0.717) is 0 Å². The van der Waals surface area contributed by atoms with Crippen LogP contribution in [0.25, 0.3) is 0 Å². The molecule has 1 aromatic carbocycles. The van der Waals surface area contributed by atoms with E-state index in [1.807, 2.05) is 0 Å². The van der Waals surface area contributed by atoms with E-state index in [1.54, 1.807) is 0 Å². The summed E-state index contributed by atoms with van der Waals surface area (Å²) in [6.07, 6.45) is 7.79. The van der Waals surface area contributed by atoms with Crippen LogP contribution < -0.4 is 10.1 Å². The fourth-order valence-corrected chi connectivity index (χ4v) is 2.06. The Morgan fingerprint density at radius 3 is 2.32 bits per heavy atom. The Hall–Kier alpha value is -1.02. The van der Waals surface area contributed by atoms with Gasteiger partial charge in [0.25, 0.3) is 0 Å². The lowest BCUT2D eigenvalue weighted by Crippen LogP contribution is -2.84. The zero-order valence-electron chi connectivity index (χ0n) is 12.7. The highest BCUT2D eigenvalue weighted by Crippen LogP contribution is 2.12. The molecule has 0 unspecified atom stereocenters. The Bertz CT molecular complexity index is 308. The van der Waals surface area contributed by atoms with E-state index in [2.05, 4.69) is 43.4 Å². The van der Waals surface area contributed by atoms with Crippen LogP contribution in [0.5, 0.6) is 5.75 Å². The van der Waals surface area contributed by atoms with Crippen LogP contribution in [0, 0.1) is 6.92 Å². The van der Waals surface area contributed by atoms with Crippen molar-refractivity contribution >= 4 is 0 Å². The molecule has 0 heterocycles. The van der Waals surface area contributed by atoms with Crippen molar-refractivity contribution in [3.05, 3.63) is 29.8 Å². The minimum atomic E-state index is 0.850. The highest BCUT2D eigenvalue weighted by atomic mass is 16.5. The van der Waals surface area contributed by atoms with E-state index in [4.69, 9.17) is 4.74 Å². The summed E-state index contributed by atoms with van der Waals surface area (Å²) in [4.78, 5) is 0. The summed E-state index contributed by atoms with van der Waals surface area (Å²) in [6, 6.07) is 8.30. The summed E-state index contributed by atoms with van der Waals surface area (Å²) in [5.74, 6) is 0.999. The number of aryl methyl sites for hydroxylation is 1. The molecule has 0 saturated carbocycles. The van der Waals surface area contributed by atoms with Gasteiger partial charge in [-0.1, -0.05) is 31.0 Å². The first-order valence-electron chi connectivity index (χ1n) is 7.84. The third-order valence-corrected chi connectivity index (χ3v) is 3.35. The molecule has 0 aromatic heterocycles. The molecule has 0 saturated heterocycles. The predicted octanol–water partition coefficient (Wildman–Crippen LogP) is 3.30. The number of hydrogen-bond donors (Lipinski definition) is 1. The van der Waals surface area contributed by atoms with Crippen LogP contribution in [0.4, 0.5) is 0 Å². The third kappa shape index (κ3) is 8.66. The lowest BCUT2D eigenvalue weighted by Gasteiger charge is -2.06. The van der Waals surface area contributed by atoms with Crippen molar-refractivity contribution in [2.75, 3.05) is 19.7 Å². The number of nitrogens with two attached hydrogens (primary N) is 1. The van der Waals surface area contributed by atoms with Gasteiger partial charge in [-0.2, -0.15) is 0 Å². The minimum absolute atomic E-state index is 0.850. The number of benzene rings is 1. The van der Waals surface area contributed by atoms with Crippen LogP contribution in [-0.4, -0.2) is 19.7 Å². The van der Waals surface area contributed by atoms with E-state index >= 15 is 0 Å². The average Bonchev–Trinajstić information content (AvgIpc) is 2.43. The predicted molar refractivity (Wildman–Crippen MR) is 81.7 cm³/mol. The lowest BCUT2D eigenvalue weighted by molar-refractivity contribution is -0.655. The molecule has 1 rings (SSSR count). The standard InChI is InChI=1S/C17H29NO/c1-3-4-13-18-14-7-5-6-8-15-19-17-11-9-16(2)10-12-17/h9-12,18H,3-8,13-15H2,1-2H3/p+1. The molecular formula is C17H30NO+. The molecule has 2 heteroatoms. The number of ether oxygens (including phenoxy) is 1. The SMILES string of the molecule is CCCC[NH2+]CCCCCCOc1ccc(C)cc1. The molecule has 2 nitrogen and oxygen atoms in total. The largest absolute Gasteiger partial charge is 0.494 e. The summed E-state index contributed by atoms with van der Waals surface area (Å²) in [5, 5.41) is 2.45. The molecule has 0 aliphatic heterocycles. The van der Waals surface area contributed by atoms with Crippen LogP contribution in [-0.2, 0) is 0 Å². The van der Waals surface area contributed by atoms with Gasteiger partial charge in [0.2, 0.25) is 0 Å². The van der Waals surface area contributed by atoms with E-state index in [-0.39, 0.29) is 0 Å². The van der Waals surface area contributed by atoms with Crippen molar-refractivity contribution in [2.45, 2.75) is 52.4 Å². The topological polar surface area (TPSA) is 25.8 Å². The van der Waals surface area contributed by atoms with E-state index in [1.165, 1.54) is 57.2 Å². The van der Waals surface area contributed by atoms with Gasteiger partial charge in [0.15, 0.2) is 0 Å². The Morgan fingerprint density at radius 2 is 1.58 bits per heavy atom. The molecule has 0 fully saturated rings.